The molecule has 0 spiro atoms. The van der Waals surface area contributed by atoms with Gasteiger partial charge in [-0.2, -0.15) is 0 Å². The number of aromatic amines is 1. The van der Waals surface area contributed by atoms with Gasteiger partial charge in [-0.15, -0.1) is 0 Å². The van der Waals surface area contributed by atoms with Crippen LogP contribution in [-0.4, -0.2) is 49.5 Å². The molecule has 0 aliphatic carbocycles. The fourth-order valence-electron chi connectivity index (χ4n) is 2.70. The van der Waals surface area contributed by atoms with E-state index in [1.165, 1.54) is 0 Å². The molecule has 0 radical (unpaired) electrons. The summed E-state index contributed by atoms with van der Waals surface area (Å²) in [6.07, 6.45) is 1.74. The van der Waals surface area contributed by atoms with Crippen LogP contribution in [0.3, 0.4) is 0 Å². The number of hydrogen-bond donors (Lipinski definition) is 2. The third-order valence-electron chi connectivity index (χ3n) is 3.77. The molecule has 1 aliphatic heterocycles. The number of carboxylic acid groups (broad SMARTS) is 1. The van der Waals surface area contributed by atoms with Gasteiger partial charge in [-0.3, -0.25) is 0 Å². The van der Waals surface area contributed by atoms with Crippen LogP contribution in [0.5, 0.6) is 5.75 Å². The topological polar surface area (TPSA) is 74.8 Å². The maximum absolute atomic E-state index is 11.5. The van der Waals surface area contributed by atoms with E-state index in [0.717, 1.165) is 16.9 Å². The van der Waals surface area contributed by atoms with E-state index < -0.39 is 5.97 Å². The van der Waals surface area contributed by atoms with Crippen LogP contribution in [0.2, 0.25) is 0 Å². The van der Waals surface area contributed by atoms with Crippen LogP contribution in [-0.2, 0) is 4.74 Å². The number of benzene rings is 1. The first-order valence-electron chi connectivity index (χ1n) is 7.12. The molecule has 0 amide bonds. The Morgan fingerprint density at radius 3 is 2.82 bits per heavy atom. The number of anilines is 1. The third-order valence-corrected chi connectivity index (χ3v) is 3.77. The van der Waals surface area contributed by atoms with Crippen molar-refractivity contribution >= 4 is 11.7 Å². The highest BCUT2D eigenvalue weighted by atomic mass is 16.5. The highest BCUT2D eigenvalue weighted by Crippen LogP contribution is 2.36. The van der Waals surface area contributed by atoms with Crippen LogP contribution in [0.15, 0.2) is 30.5 Å². The van der Waals surface area contributed by atoms with Crippen molar-refractivity contribution in [3.63, 3.8) is 0 Å². The summed E-state index contributed by atoms with van der Waals surface area (Å²) in [6, 6.07) is 7.60. The van der Waals surface area contributed by atoms with E-state index in [9.17, 15) is 9.90 Å². The Hall–Kier alpha value is -2.47. The number of carbonyl (C=O) groups is 1. The molecule has 6 nitrogen and oxygen atoms in total. The summed E-state index contributed by atoms with van der Waals surface area (Å²) in [7, 11) is 1.61. The largest absolute Gasteiger partial charge is 0.497 e. The number of aromatic nitrogens is 1. The lowest BCUT2D eigenvalue weighted by Gasteiger charge is -2.29. The number of carboxylic acids is 1. The van der Waals surface area contributed by atoms with E-state index in [1.807, 2.05) is 24.3 Å². The summed E-state index contributed by atoms with van der Waals surface area (Å²) in [5.41, 5.74) is 2.70. The van der Waals surface area contributed by atoms with Gasteiger partial charge in [-0.25, -0.2) is 4.79 Å². The number of methoxy groups -OCH3 is 1. The molecule has 22 heavy (non-hydrogen) atoms. The van der Waals surface area contributed by atoms with Crippen LogP contribution >= 0.6 is 0 Å². The first-order valence-corrected chi connectivity index (χ1v) is 7.12. The summed E-state index contributed by atoms with van der Waals surface area (Å²) in [5, 5.41) is 9.44. The van der Waals surface area contributed by atoms with Gasteiger partial charge < -0.3 is 24.5 Å². The Morgan fingerprint density at radius 1 is 1.36 bits per heavy atom. The molecule has 1 aromatic heterocycles. The number of aromatic carboxylic acids is 1. The van der Waals surface area contributed by atoms with E-state index >= 15 is 0 Å². The van der Waals surface area contributed by atoms with E-state index in [-0.39, 0.29) is 5.69 Å². The molecule has 2 N–H and O–H groups in total. The number of morpholine rings is 1. The Kier molecular flexibility index (Phi) is 4.02. The molecule has 2 heterocycles. The maximum Gasteiger partial charge on any atom is 0.354 e. The number of nitrogens with one attached hydrogen (secondary N) is 1. The molecule has 2 aromatic rings. The minimum Gasteiger partial charge on any atom is -0.497 e. The van der Waals surface area contributed by atoms with Gasteiger partial charge in [0.1, 0.15) is 11.4 Å². The average molecular weight is 302 g/mol. The van der Waals surface area contributed by atoms with Crippen LogP contribution in [0.25, 0.3) is 11.1 Å². The maximum atomic E-state index is 11.5. The van der Waals surface area contributed by atoms with Gasteiger partial charge in [0.2, 0.25) is 0 Å². The molecule has 0 atom stereocenters. The van der Waals surface area contributed by atoms with Crippen molar-refractivity contribution < 1.29 is 19.4 Å². The van der Waals surface area contributed by atoms with Crippen molar-refractivity contribution in [3.8, 4) is 16.9 Å². The molecule has 0 unspecified atom stereocenters. The van der Waals surface area contributed by atoms with Gasteiger partial charge in [0, 0.05) is 24.8 Å². The predicted octanol–water partition coefficient (Wildman–Crippen LogP) is 2.23. The number of rotatable bonds is 4. The minimum absolute atomic E-state index is 0.208. The normalized spacial score (nSPS) is 14.9. The summed E-state index contributed by atoms with van der Waals surface area (Å²) in [5.74, 6) is -0.223. The van der Waals surface area contributed by atoms with E-state index in [0.29, 0.717) is 32.0 Å². The van der Waals surface area contributed by atoms with Gasteiger partial charge in [-0.1, -0.05) is 12.1 Å². The van der Waals surface area contributed by atoms with Crippen molar-refractivity contribution in [1.82, 2.24) is 4.98 Å². The molecule has 1 fully saturated rings. The Labute approximate surface area is 128 Å². The summed E-state index contributed by atoms with van der Waals surface area (Å²) in [6.45, 7) is 2.55. The SMILES string of the molecule is COc1cccc(-c2c[nH]c(C(=O)O)c2N2CCOCC2)c1. The first-order chi connectivity index (χ1) is 10.7. The Balaban J connectivity index is 2.08. The van der Waals surface area contributed by atoms with Crippen LogP contribution in [0, 0.1) is 0 Å². The van der Waals surface area contributed by atoms with E-state index in [1.54, 1.807) is 13.3 Å². The van der Waals surface area contributed by atoms with Crippen LogP contribution < -0.4 is 9.64 Å². The van der Waals surface area contributed by atoms with Gasteiger partial charge in [0.15, 0.2) is 0 Å². The number of nitrogens with zero attached hydrogens (tertiary/aromatic N) is 1. The lowest BCUT2D eigenvalue weighted by Crippen LogP contribution is -2.37. The molecule has 3 rings (SSSR count). The van der Waals surface area contributed by atoms with Crippen molar-refractivity contribution in [2.75, 3.05) is 38.3 Å². The van der Waals surface area contributed by atoms with Gasteiger partial charge in [-0.05, 0) is 17.7 Å². The fraction of sp³-hybridized carbons (Fsp3) is 0.312. The molecule has 6 heteroatoms. The van der Waals surface area contributed by atoms with Gasteiger partial charge in [0.25, 0.3) is 0 Å². The van der Waals surface area contributed by atoms with Crippen molar-refractivity contribution in [2.24, 2.45) is 0 Å². The van der Waals surface area contributed by atoms with Crippen molar-refractivity contribution in [1.29, 1.82) is 0 Å². The minimum atomic E-state index is -0.962. The van der Waals surface area contributed by atoms with Gasteiger partial charge in [0.05, 0.1) is 26.0 Å². The highest BCUT2D eigenvalue weighted by molar-refractivity contribution is 5.98. The fourth-order valence-corrected chi connectivity index (χ4v) is 2.70. The summed E-state index contributed by atoms with van der Waals surface area (Å²) < 4.78 is 10.6. The molecular weight excluding hydrogens is 284 g/mol. The second-order valence-corrected chi connectivity index (χ2v) is 5.06. The summed E-state index contributed by atoms with van der Waals surface area (Å²) in [4.78, 5) is 16.5. The quantitative estimate of drug-likeness (QED) is 0.906. The lowest BCUT2D eigenvalue weighted by molar-refractivity contribution is 0.0690. The number of hydrogen-bond acceptors (Lipinski definition) is 4. The van der Waals surface area contributed by atoms with Crippen LogP contribution in [0.4, 0.5) is 5.69 Å². The molecule has 116 valence electrons. The zero-order chi connectivity index (χ0) is 15.5. The molecule has 1 aliphatic rings. The van der Waals surface area contributed by atoms with E-state index in [4.69, 9.17) is 9.47 Å². The van der Waals surface area contributed by atoms with Gasteiger partial charge >= 0.3 is 5.97 Å². The predicted molar refractivity (Wildman–Crippen MR) is 82.8 cm³/mol. The van der Waals surface area contributed by atoms with Crippen molar-refractivity contribution in [3.05, 3.63) is 36.2 Å². The lowest BCUT2D eigenvalue weighted by atomic mass is 10.1. The number of H-pyrrole nitrogens is 1. The molecular formula is C16H18N2O4. The van der Waals surface area contributed by atoms with Crippen molar-refractivity contribution in [2.45, 2.75) is 0 Å². The second-order valence-electron chi connectivity index (χ2n) is 5.06. The third kappa shape index (κ3) is 2.65. The molecule has 0 saturated carbocycles. The molecule has 1 saturated heterocycles. The zero-order valence-corrected chi connectivity index (χ0v) is 12.3. The smallest absolute Gasteiger partial charge is 0.354 e. The van der Waals surface area contributed by atoms with E-state index in [2.05, 4.69) is 9.88 Å². The standard InChI is InChI=1S/C16H18N2O4/c1-21-12-4-2-3-11(9-12)13-10-17-14(16(19)20)15(13)18-5-7-22-8-6-18/h2-4,9-10,17H,5-8H2,1H3,(H,19,20). The highest BCUT2D eigenvalue weighted by Gasteiger charge is 2.24. The Morgan fingerprint density at radius 2 is 2.14 bits per heavy atom. The second kappa shape index (κ2) is 6.11. The molecule has 1 aromatic carbocycles. The first kappa shape index (κ1) is 14.5. The Bertz CT molecular complexity index is 675. The number of ether oxygens (including phenoxy) is 2. The zero-order valence-electron chi connectivity index (χ0n) is 12.3. The summed E-state index contributed by atoms with van der Waals surface area (Å²) >= 11 is 0. The average Bonchev–Trinajstić information content (AvgIpc) is 3.01. The monoisotopic (exact) mass is 302 g/mol. The van der Waals surface area contributed by atoms with Crippen LogP contribution in [0.1, 0.15) is 10.5 Å². The molecule has 0 bridgehead atoms.